The molecule has 3 aromatic carbocycles. The van der Waals surface area contributed by atoms with Crippen molar-refractivity contribution >= 4 is 12.1 Å². The third-order valence-electron chi connectivity index (χ3n) is 5.82. The van der Waals surface area contributed by atoms with Gasteiger partial charge >= 0.3 is 0 Å². The van der Waals surface area contributed by atoms with Crippen molar-refractivity contribution in [3.05, 3.63) is 107 Å². The molecule has 0 saturated heterocycles. The lowest BCUT2D eigenvalue weighted by Gasteiger charge is -2.12. The number of hydrogen-bond acceptors (Lipinski definition) is 4. The summed E-state index contributed by atoms with van der Waals surface area (Å²) in [6.45, 7) is 0.736. The van der Waals surface area contributed by atoms with E-state index < -0.39 is 0 Å². The molecule has 2 heterocycles. The highest BCUT2D eigenvalue weighted by Crippen LogP contribution is 2.33. The van der Waals surface area contributed by atoms with Gasteiger partial charge in [0.05, 0.1) is 5.69 Å². The summed E-state index contributed by atoms with van der Waals surface area (Å²) in [6, 6.07) is 26.2. The minimum atomic E-state index is 0.295. The zero-order chi connectivity index (χ0) is 23.2. The van der Waals surface area contributed by atoms with Gasteiger partial charge in [0.1, 0.15) is 12.4 Å². The van der Waals surface area contributed by atoms with Crippen LogP contribution >= 0.6 is 0 Å². The van der Waals surface area contributed by atoms with Crippen LogP contribution in [0, 0.1) is 0 Å². The molecule has 1 aromatic heterocycles. The van der Waals surface area contributed by atoms with E-state index in [1.807, 2.05) is 54.6 Å². The fraction of sp³-hybridized carbons (Fsp3) is 0.179. The SMILES string of the molecule is O=CNc1cc(Cc2ccc(CCc3ccc4c(c3)OCO4)[nH]2)ccc1OCc1ccccc1. The van der Waals surface area contributed by atoms with E-state index in [0.29, 0.717) is 31.2 Å². The Morgan fingerprint density at radius 2 is 1.65 bits per heavy atom. The zero-order valence-corrected chi connectivity index (χ0v) is 18.8. The van der Waals surface area contributed by atoms with Crippen molar-refractivity contribution in [3.8, 4) is 17.2 Å². The predicted molar refractivity (Wildman–Crippen MR) is 130 cm³/mol. The lowest BCUT2D eigenvalue weighted by Crippen LogP contribution is -2.02. The van der Waals surface area contributed by atoms with E-state index in [2.05, 4.69) is 34.6 Å². The Bertz CT molecular complexity index is 1270. The molecule has 4 aromatic rings. The van der Waals surface area contributed by atoms with Crippen molar-refractivity contribution in [2.24, 2.45) is 0 Å². The topological polar surface area (TPSA) is 72.6 Å². The van der Waals surface area contributed by atoms with Crippen LogP contribution in [0.5, 0.6) is 17.2 Å². The van der Waals surface area contributed by atoms with Gasteiger partial charge in [0, 0.05) is 17.8 Å². The maximum absolute atomic E-state index is 11.1. The van der Waals surface area contributed by atoms with Gasteiger partial charge in [-0.2, -0.15) is 0 Å². The van der Waals surface area contributed by atoms with E-state index >= 15 is 0 Å². The van der Waals surface area contributed by atoms with Gasteiger partial charge in [-0.25, -0.2) is 0 Å². The number of H-pyrrole nitrogens is 1. The van der Waals surface area contributed by atoms with Gasteiger partial charge in [-0.1, -0.05) is 42.5 Å². The Hall–Kier alpha value is -4.19. The second kappa shape index (κ2) is 10.2. The molecule has 0 spiro atoms. The van der Waals surface area contributed by atoms with E-state index in [9.17, 15) is 4.79 Å². The number of amides is 1. The minimum absolute atomic E-state index is 0.295. The minimum Gasteiger partial charge on any atom is -0.487 e. The molecular formula is C28H26N2O4. The Labute approximate surface area is 198 Å². The number of anilines is 1. The molecule has 34 heavy (non-hydrogen) atoms. The number of carbonyl (C=O) groups excluding carboxylic acids is 1. The number of hydrogen-bond donors (Lipinski definition) is 2. The molecule has 6 nitrogen and oxygen atoms in total. The summed E-state index contributed by atoms with van der Waals surface area (Å²) in [5, 5.41) is 2.77. The lowest BCUT2D eigenvalue weighted by molar-refractivity contribution is -0.105. The van der Waals surface area contributed by atoms with Crippen molar-refractivity contribution < 1.29 is 19.0 Å². The third-order valence-corrected chi connectivity index (χ3v) is 5.82. The molecule has 172 valence electrons. The monoisotopic (exact) mass is 454 g/mol. The Morgan fingerprint density at radius 3 is 2.53 bits per heavy atom. The number of rotatable bonds is 10. The second-order valence-corrected chi connectivity index (χ2v) is 8.24. The number of fused-ring (bicyclic) bond motifs is 1. The first-order valence-electron chi connectivity index (χ1n) is 11.3. The molecule has 2 N–H and O–H groups in total. The van der Waals surface area contributed by atoms with Gasteiger partial charge in [-0.3, -0.25) is 4.79 Å². The first-order chi connectivity index (χ1) is 16.8. The van der Waals surface area contributed by atoms with Gasteiger partial charge in [-0.15, -0.1) is 0 Å². The van der Waals surface area contributed by atoms with E-state index in [0.717, 1.165) is 47.6 Å². The summed E-state index contributed by atoms with van der Waals surface area (Å²) in [5.74, 6) is 2.28. The highest BCUT2D eigenvalue weighted by molar-refractivity contribution is 5.76. The van der Waals surface area contributed by atoms with Crippen LogP contribution in [0.3, 0.4) is 0 Å². The first-order valence-corrected chi connectivity index (χ1v) is 11.3. The fourth-order valence-electron chi connectivity index (χ4n) is 4.06. The number of ether oxygens (including phenoxy) is 3. The molecule has 6 heteroatoms. The van der Waals surface area contributed by atoms with Crippen LogP contribution in [0.1, 0.15) is 28.1 Å². The molecule has 0 fully saturated rings. The summed E-state index contributed by atoms with van der Waals surface area (Å²) in [6.07, 6.45) is 3.23. The van der Waals surface area contributed by atoms with Gasteiger partial charge < -0.3 is 24.5 Å². The number of benzene rings is 3. The maximum atomic E-state index is 11.1. The van der Waals surface area contributed by atoms with Crippen LogP contribution < -0.4 is 19.5 Å². The smallest absolute Gasteiger partial charge is 0.231 e. The maximum Gasteiger partial charge on any atom is 0.231 e. The molecule has 0 radical (unpaired) electrons. The van der Waals surface area contributed by atoms with E-state index in [-0.39, 0.29) is 0 Å². The standard InChI is InChI=1S/C28H26N2O4/c31-18-29-25-15-22(8-12-26(25)32-17-21-4-2-1-3-5-21)14-24-11-10-23(30-24)9-6-20-7-13-27-28(16-20)34-19-33-27/h1-5,7-8,10-13,15-16,18,30H,6,9,14,17,19H2,(H,29,31). The van der Waals surface area contributed by atoms with Crippen LogP contribution in [0.2, 0.25) is 0 Å². The number of aromatic amines is 1. The van der Waals surface area contributed by atoms with E-state index in [4.69, 9.17) is 14.2 Å². The molecular weight excluding hydrogens is 428 g/mol. The average molecular weight is 455 g/mol. The molecule has 1 aliphatic rings. The number of nitrogens with one attached hydrogen (secondary N) is 2. The van der Waals surface area contributed by atoms with Crippen molar-refractivity contribution in [2.45, 2.75) is 25.9 Å². The molecule has 0 saturated carbocycles. The summed E-state index contributed by atoms with van der Waals surface area (Å²) in [4.78, 5) is 14.7. The fourth-order valence-corrected chi connectivity index (χ4v) is 4.06. The Balaban J connectivity index is 1.21. The third kappa shape index (κ3) is 5.23. The summed E-state index contributed by atoms with van der Waals surface area (Å²) in [7, 11) is 0. The van der Waals surface area contributed by atoms with Crippen molar-refractivity contribution in [1.29, 1.82) is 0 Å². The van der Waals surface area contributed by atoms with E-state index in [1.165, 1.54) is 11.3 Å². The number of aryl methyl sites for hydroxylation is 2. The van der Waals surface area contributed by atoms with Crippen LogP contribution in [0.15, 0.2) is 78.9 Å². The van der Waals surface area contributed by atoms with Gasteiger partial charge in [0.15, 0.2) is 11.5 Å². The normalized spacial score (nSPS) is 11.9. The Kier molecular flexibility index (Phi) is 6.47. The van der Waals surface area contributed by atoms with Crippen LogP contribution in [0.25, 0.3) is 0 Å². The van der Waals surface area contributed by atoms with Crippen molar-refractivity contribution in [3.63, 3.8) is 0 Å². The molecule has 0 atom stereocenters. The summed E-state index contributed by atoms with van der Waals surface area (Å²) >= 11 is 0. The first kappa shape index (κ1) is 21.6. The zero-order valence-electron chi connectivity index (χ0n) is 18.8. The van der Waals surface area contributed by atoms with Gasteiger partial charge in [0.25, 0.3) is 0 Å². The second-order valence-electron chi connectivity index (χ2n) is 8.24. The quantitative estimate of drug-likeness (QED) is 0.320. The van der Waals surface area contributed by atoms with Crippen molar-refractivity contribution in [1.82, 2.24) is 4.98 Å². The molecule has 1 aliphatic heterocycles. The lowest BCUT2D eigenvalue weighted by atomic mass is 10.1. The molecule has 1 amide bonds. The van der Waals surface area contributed by atoms with Gasteiger partial charge in [-0.05, 0) is 65.9 Å². The average Bonchev–Trinajstić information content (AvgIpc) is 3.52. The van der Waals surface area contributed by atoms with E-state index in [1.54, 1.807) is 0 Å². The molecule has 0 aliphatic carbocycles. The largest absolute Gasteiger partial charge is 0.487 e. The van der Waals surface area contributed by atoms with Crippen molar-refractivity contribution in [2.75, 3.05) is 12.1 Å². The van der Waals surface area contributed by atoms with Crippen LogP contribution in [-0.2, 0) is 30.7 Å². The van der Waals surface area contributed by atoms with Gasteiger partial charge in [0.2, 0.25) is 13.2 Å². The molecule has 5 rings (SSSR count). The van der Waals surface area contributed by atoms with Crippen LogP contribution in [0.4, 0.5) is 5.69 Å². The summed E-state index contributed by atoms with van der Waals surface area (Å²) < 4.78 is 16.8. The molecule has 0 bridgehead atoms. The predicted octanol–water partition coefficient (Wildman–Crippen LogP) is 5.27. The highest BCUT2D eigenvalue weighted by Gasteiger charge is 2.13. The Morgan fingerprint density at radius 1 is 0.824 bits per heavy atom. The number of carbonyl (C=O) groups is 1. The van der Waals surface area contributed by atoms with Crippen LogP contribution in [-0.4, -0.2) is 18.2 Å². The highest BCUT2D eigenvalue weighted by atomic mass is 16.7. The summed E-state index contributed by atoms with van der Waals surface area (Å²) in [5.41, 5.74) is 6.34. The molecule has 0 unspecified atom stereocenters. The number of aromatic nitrogens is 1.